The Hall–Kier alpha value is -2.30. The molecule has 0 aliphatic carbocycles. The van der Waals surface area contributed by atoms with Gasteiger partial charge in [0, 0.05) is 19.2 Å². The average molecular weight is 270 g/mol. The van der Waals surface area contributed by atoms with Crippen LogP contribution in [-0.2, 0) is 6.54 Å². The lowest BCUT2D eigenvalue weighted by molar-refractivity contribution is 0.532. The van der Waals surface area contributed by atoms with Gasteiger partial charge in [0.1, 0.15) is 6.26 Å². The van der Waals surface area contributed by atoms with E-state index in [0.29, 0.717) is 12.4 Å². The molecule has 1 aliphatic rings. The first kappa shape index (κ1) is 12.7. The predicted molar refractivity (Wildman–Crippen MR) is 78.4 cm³/mol. The van der Waals surface area contributed by atoms with Gasteiger partial charge in [0.2, 0.25) is 5.89 Å². The van der Waals surface area contributed by atoms with Crippen LogP contribution < -0.4 is 5.32 Å². The van der Waals surface area contributed by atoms with Crippen LogP contribution in [0.1, 0.15) is 11.3 Å². The van der Waals surface area contributed by atoms with Crippen molar-refractivity contribution in [1.29, 1.82) is 0 Å². The number of aryl methyl sites for hydroxylation is 1. The monoisotopic (exact) mass is 270 g/mol. The first-order chi connectivity index (χ1) is 9.72. The highest BCUT2D eigenvalue weighted by Gasteiger charge is 2.12. The minimum Gasteiger partial charge on any atom is -0.444 e. The van der Waals surface area contributed by atoms with Crippen molar-refractivity contribution >= 4 is 5.96 Å². The van der Waals surface area contributed by atoms with Crippen LogP contribution in [-0.4, -0.2) is 36.0 Å². The molecule has 0 saturated heterocycles. The van der Waals surface area contributed by atoms with Crippen LogP contribution in [0.25, 0.3) is 11.5 Å². The number of hydrogen-bond donors (Lipinski definition) is 1. The Morgan fingerprint density at radius 2 is 2.10 bits per heavy atom. The lowest BCUT2D eigenvalue weighted by Crippen LogP contribution is -2.35. The maximum absolute atomic E-state index is 5.53. The number of nitrogens with zero attached hydrogens (tertiary/aromatic N) is 3. The second kappa shape index (κ2) is 5.36. The molecule has 0 amide bonds. The number of likely N-dealkylation sites (N-methyl/N-ethyl adjacent to an activating group) is 1. The van der Waals surface area contributed by atoms with Crippen LogP contribution in [0, 0.1) is 6.92 Å². The van der Waals surface area contributed by atoms with E-state index in [1.807, 2.05) is 19.2 Å². The predicted octanol–water partition coefficient (Wildman–Crippen LogP) is 2.04. The molecule has 2 heterocycles. The Bertz CT molecular complexity index is 615. The second-order valence-electron chi connectivity index (χ2n) is 4.99. The Balaban J connectivity index is 1.66. The summed E-state index contributed by atoms with van der Waals surface area (Å²) in [7, 11) is 2.03. The zero-order chi connectivity index (χ0) is 13.9. The number of guanidine groups is 1. The van der Waals surface area contributed by atoms with Gasteiger partial charge in [-0.2, -0.15) is 0 Å². The van der Waals surface area contributed by atoms with Gasteiger partial charge in [0.05, 0.1) is 18.8 Å². The standard InChI is InChI=1S/C15H18N4O/c1-11-3-5-12(6-4-11)14-18-13(10-20-14)9-17-15-16-7-8-19(15)2/h3-6,10H,7-9H2,1-2H3,(H,16,17). The van der Waals surface area contributed by atoms with Gasteiger partial charge in [0.25, 0.3) is 0 Å². The van der Waals surface area contributed by atoms with E-state index in [2.05, 4.69) is 39.2 Å². The van der Waals surface area contributed by atoms with E-state index in [1.54, 1.807) is 6.26 Å². The van der Waals surface area contributed by atoms with Crippen molar-refractivity contribution in [1.82, 2.24) is 15.2 Å². The maximum Gasteiger partial charge on any atom is 0.226 e. The lowest BCUT2D eigenvalue weighted by atomic mass is 10.1. The molecule has 0 saturated carbocycles. The van der Waals surface area contributed by atoms with Gasteiger partial charge < -0.3 is 14.6 Å². The number of nitrogens with one attached hydrogen (secondary N) is 1. The molecule has 104 valence electrons. The normalized spacial score (nSPS) is 14.5. The largest absolute Gasteiger partial charge is 0.444 e. The van der Waals surface area contributed by atoms with Crippen molar-refractivity contribution in [3.63, 3.8) is 0 Å². The molecule has 0 bridgehead atoms. The summed E-state index contributed by atoms with van der Waals surface area (Å²) in [5.41, 5.74) is 3.10. The first-order valence-corrected chi connectivity index (χ1v) is 6.73. The lowest BCUT2D eigenvalue weighted by Gasteiger charge is -2.13. The van der Waals surface area contributed by atoms with E-state index < -0.39 is 0 Å². The zero-order valence-electron chi connectivity index (χ0n) is 11.8. The van der Waals surface area contributed by atoms with Gasteiger partial charge >= 0.3 is 0 Å². The molecule has 1 aliphatic heterocycles. The highest BCUT2D eigenvalue weighted by atomic mass is 16.3. The van der Waals surface area contributed by atoms with Crippen LogP contribution in [0.5, 0.6) is 0 Å². The van der Waals surface area contributed by atoms with E-state index in [-0.39, 0.29) is 0 Å². The summed E-state index contributed by atoms with van der Waals surface area (Å²) in [6.45, 7) is 4.51. The molecule has 0 radical (unpaired) electrons. The molecule has 0 fully saturated rings. The van der Waals surface area contributed by atoms with Crippen molar-refractivity contribution in [3.8, 4) is 11.5 Å². The van der Waals surface area contributed by atoms with E-state index in [9.17, 15) is 0 Å². The topological polar surface area (TPSA) is 53.7 Å². The SMILES string of the molecule is Cc1ccc(-c2nc(CNC3=NCCN3C)co2)cc1. The summed E-state index contributed by atoms with van der Waals surface area (Å²) in [6, 6.07) is 8.15. The Kier molecular flexibility index (Phi) is 3.41. The third-order valence-corrected chi connectivity index (χ3v) is 3.34. The molecule has 3 rings (SSSR count). The Morgan fingerprint density at radius 3 is 2.80 bits per heavy atom. The van der Waals surface area contributed by atoms with Crippen molar-refractivity contribution < 1.29 is 4.42 Å². The van der Waals surface area contributed by atoms with E-state index in [1.165, 1.54) is 5.56 Å². The van der Waals surface area contributed by atoms with Crippen molar-refractivity contribution in [2.24, 2.45) is 4.99 Å². The molecule has 2 aromatic rings. The number of aromatic nitrogens is 1. The van der Waals surface area contributed by atoms with E-state index in [0.717, 1.165) is 30.3 Å². The third kappa shape index (κ3) is 2.66. The molecule has 1 aromatic heterocycles. The summed E-state index contributed by atoms with van der Waals surface area (Å²) in [6.07, 6.45) is 1.69. The van der Waals surface area contributed by atoms with Crippen molar-refractivity contribution in [2.45, 2.75) is 13.5 Å². The number of benzene rings is 1. The Morgan fingerprint density at radius 1 is 1.30 bits per heavy atom. The number of aliphatic imine (C=N–C) groups is 1. The zero-order valence-corrected chi connectivity index (χ0v) is 11.8. The van der Waals surface area contributed by atoms with Gasteiger partial charge in [-0.15, -0.1) is 0 Å². The number of rotatable bonds is 3. The quantitative estimate of drug-likeness (QED) is 0.927. The Labute approximate surface area is 118 Å². The van der Waals surface area contributed by atoms with Crippen LogP contribution in [0.4, 0.5) is 0 Å². The first-order valence-electron chi connectivity index (χ1n) is 6.73. The average Bonchev–Trinajstić information content (AvgIpc) is 3.06. The van der Waals surface area contributed by atoms with Crippen LogP contribution in [0.3, 0.4) is 0 Å². The fourth-order valence-electron chi connectivity index (χ4n) is 2.11. The number of hydrogen-bond acceptors (Lipinski definition) is 5. The van der Waals surface area contributed by atoms with Crippen molar-refractivity contribution in [2.75, 3.05) is 20.1 Å². The third-order valence-electron chi connectivity index (χ3n) is 3.34. The molecular formula is C15H18N4O. The van der Waals surface area contributed by atoms with Crippen LogP contribution >= 0.6 is 0 Å². The molecule has 0 unspecified atom stereocenters. The molecule has 5 heteroatoms. The van der Waals surface area contributed by atoms with Gasteiger partial charge in [0.15, 0.2) is 5.96 Å². The molecule has 0 atom stereocenters. The summed E-state index contributed by atoms with van der Waals surface area (Å²) in [5.74, 6) is 1.58. The molecule has 20 heavy (non-hydrogen) atoms. The summed E-state index contributed by atoms with van der Waals surface area (Å²) in [4.78, 5) is 11.0. The fourth-order valence-corrected chi connectivity index (χ4v) is 2.11. The second-order valence-corrected chi connectivity index (χ2v) is 4.99. The smallest absolute Gasteiger partial charge is 0.226 e. The van der Waals surface area contributed by atoms with Gasteiger partial charge in [-0.25, -0.2) is 4.98 Å². The summed E-state index contributed by atoms with van der Waals surface area (Å²) >= 11 is 0. The van der Waals surface area contributed by atoms with Gasteiger partial charge in [-0.1, -0.05) is 17.7 Å². The molecular weight excluding hydrogens is 252 g/mol. The van der Waals surface area contributed by atoms with Gasteiger partial charge in [-0.05, 0) is 19.1 Å². The van der Waals surface area contributed by atoms with Crippen molar-refractivity contribution in [3.05, 3.63) is 41.8 Å². The summed E-state index contributed by atoms with van der Waals surface area (Å²) < 4.78 is 5.53. The molecule has 5 nitrogen and oxygen atoms in total. The number of oxazole rings is 1. The molecule has 1 N–H and O–H groups in total. The summed E-state index contributed by atoms with van der Waals surface area (Å²) in [5, 5.41) is 3.27. The minimum absolute atomic E-state index is 0.624. The molecule has 0 spiro atoms. The highest BCUT2D eigenvalue weighted by molar-refractivity contribution is 5.81. The van der Waals surface area contributed by atoms with E-state index in [4.69, 9.17) is 4.42 Å². The van der Waals surface area contributed by atoms with E-state index >= 15 is 0 Å². The minimum atomic E-state index is 0.624. The van der Waals surface area contributed by atoms with Crippen LogP contribution in [0.15, 0.2) is 39.9 Å². The fraction of sp³-hybridized carbons (Fsp3) is 0.333. The van der Waals surface area contributed by atoms with Crippen LogP contribution in [0.2, 0.25) is 0 Å². The maximum atomic E-state index is 5.53. The highest BCUT2D eigenvalue weighted by Crippen LogP contribution is 2.19. The van der Waals surface area contributed by atoms with Gasteiger partial charge in [-0.3, -0.25) is 4.99 Å². The molecule has 1 aromatic carbocycles.